The number of amides is 1. The number of nitrogens with zero attached hydrogens (tertiary/aromatic N) is 1. The van der Waals surface area contributed by atoms with E-state index in [1.807, 2.05) is 6.92 Å². The number of nitro groups is 1. The van der Waals surface area contributed by atoms with Gasteiger partial charge in [0, 0.05) is 12.4 Å². The number of rotatable bonds is 8. The Labute approximate surface area is 127 Å². The molecule has 0 bridgehead atoms. The number of carbonyl (C=O) groups excluding carboxylic acids is 1. The van der Waals surface area contributed by atoms with E-state index < -0.39 is 22.3 Å². The summed E-state index contributed by atoms with van der Waals surface area (Å²) in [5, 5.41) is 13.5. The molecule has 0 aliphatic rings. The van der Waals surface area contributed by atoms with Crippen LogP contribution >= 0.6 is 11.6 Å². The Hall–Kier alpha value is -1.69. The summed E-state index contributed by atoms with van der Waals surface area (Å²) >= 11 is 5.70. The Morgan fingerprint density at radius 2 is 2.19 bits per heavy atom. The second-order valence-electron chi connectivity index (χ2n) is 4.76. The first kappa shape index (κ1) is 17.4. The topological polar surface area (TPSA) is 72.2 Å². The molecule has 0 aromatic heterocycles. The van der Waals surface area contributed by atoms with Crippen molar-refractivity contribution in [3.63, 3.8) is 0 Å². The Balaban J connectivity index is 2.77. The predicted molar refractivity (Wildman–Crippen MR) is 79.1 cm³/mol. The summed E-state index contributed by atoms with van der Waals surface area (Å²) in [6.45, 7) is 2.43. The summed E-state index contributed by atoms with van der Waals surface area (Å²) in [6.07, 6.45) is 2.65. The Morgan fingerprint density at radius 1 is 1.48 bits per heavy atom. The number of hydrogen-bond acceptors (Lipinski definition) is 3. The van der Waals surface area contributed by atoms with E-state index in [-0.39, 0.29) is 11.5 Å². The third-order valence-electron chi connectivity index (χ3n) is 3.17. The monoisotopic (exact) mass is 316 g/mol. The van der Waals surface area contributed by atoms with Crippen LogP contribution in [0.1, 0.15) is 36.5 Å². The molecular formula is C14H18ClFN2O3. The van der Waals surface area contributed by atoms with E-state index in [0.29, 0.717) is 12.4 Å². The van der Waals surface area contributed by atoms with Crippen molar-refractivity contribution < 1.29 is 14.1 Å². The van der Waals surface area contributed by atoms with Crippen LogP contribution in [-0.4, -0.2) is 23.3 Å². The van der Waals surface area contributed by atoms with Crippen molar-refractivity contribution in [3.8, 4) is 0 Å². The van der Waals surface area contributed by atoms with Crippen LogP contribution in [0.3, 0.4) is 0 Å². The third kappa shape index (κ3) is 5.30. The van der Waals surface area contributed by atoms with Gasteiger partial charge in [0.05, 0.1) is 11.0 Å². The van der Waals surface area contributed by atoms with E-state index in [2.05, 4.69) is 5.32 Å². The highest BCUT2D eigenvalue weighted by atomic mass is 35.5. The average molecular weight is 317 g/mol. The van der Waals surface area contributed by atoms with Gasteiger partial charge in [0.1, 0.15) is 11.4 Å². The minimum Gasteiger partial charge on any atom is -0.352 e. The number of nitrogens with one attached hydrogen (secondary N) is 1. The molecule has 0 radical (unpaired) electrons. The SMILES string of the molecule is CCCC(CCCl)CNC(=O)c1ccc(F)cc1[N+](=O)[O-]. The molecule has 5 nitrogen and oxygen atoms in total. The summed E-state index contributed by atoms with van der Waals surface area (Å²) in [5.41, 5.74) is -0.667. The first-order valence-corrected chi connectivity index (χ1v) is 7.31. The van der Waals surface area contributed by atoms with Crippen LogP contribution in [0.4, 0.5) is 10.1 Å². The van der Waals surface area contributed by atoms with Gasteiger partial charge in [0.2, 0.25) is 0 Å². The summed E-state index contributed by atoms with van der Waals surface area (Å²) < 4.78 is 13.0. The van der Waals surface area contributed by atoms with Gasteiger partial charge < -0.3 is 5.32 Å². The van der Waals surface area contributed by atoms with Crippen LogP contribution in [0, 0.1) is 21.8 Å². The second-order valence-corrected chi connectivity index (χ2v) is 5.14. The molecule has 1 atom stereocenters. The van der Waals surface area contributed by atoms with E-state index in [9.17, 15) is 19.3 Å². The van der Waals surface area contributed by atoms with Crippen molar-refractivity contribution in [2.75, 3.05) is 12.4 Å². The van der Waals surface area contributed by atoms with Crippen molar-refractivity contribution in [3.05, 3.63) is 39.7 Å². The fourth-order valence-corrected chi connectivity index (χ4v) is 2.40. The molecule has 1 aromatic rings. The van der Waals surface area contributed by atoms with Crippen molar-refractivity contribution >= 4 is 23.2 Å². The van der Waals surface area contributed by atoms with Crippen molar-refractivity contribution in [1.82, 2.24) is 5.32 Å². The van der Waals surface area contributed by atoms with Gasteiger partial charge in [-0.25, -0.2) is 4.39 Å². The zero-order valence-electron chi connectivity index (χ0n) is 11.8. The number of hydrogen-bond donors (Lipinski definition) is 1. The zero-order chi connectivity index (χ0) is 15.8. The largest absolute Gasteiger partial charge is 0.352 e. The third-order valence-corrected chi connectivity index (χ3v) is 3.38. The summed E-state index contributed by atoms with van der Waals surface area (Å²) in [5.74, 6) is -0.588. The molecule has 0 aliphatic heterocycles. The first-order valence-electron chi connectivity index (χ1n) is 6.77. The van der Waals surface area contributed by atoms with Crippen LogP contribution in [0.5, 0.6) is 0 Å². The average Bonchev–Trinajstić information content (AvgIpc) is 2.44. The Bertz CT molecular complexity index is 505. The van der Waals surface area contributed by atoms with Crippen molar-refractivity contribution in [2.45, 2.75) is 26.2 Å². The van der Waals surface area contributed by atoms with E-state index in [4.69, 9.17) is 11.6 Å². The highest BCUT2D eigenvalue weighted by molar-refractivity contribution is 6.17. The van der Waals surface area contributed by atoms with Crippen LogP contribution in [-0.2, 0) is 0 Å². The highest BCUT2D eigenvalue weighted by Gasteiger charge is 2.21. The van der Waals surface area contributed by atoms with Gasteiger partial charge in [-0.05, 0) is 30.9 Å². The van der Waals surface area contributed by atoms with Gasteiger partial charge >= 0.3 is 0 Å². The lowest BCUT2D eigenvalue weighted by Gasteiger charge is -2.15. The first-order chi connectivity index (χ1) is 9.99. The number of carbonyl (C=O) groups is 1. The molecule has 7 heteroatoms. The molecule has 21 heavy (non-hydrogen) atoms. The van der Waals surface area contributed by atoms with Gasteiger partial charge in [-0.1, -0.05) is 13.3 Å². The van der Waals surface area contributed by atoms with E-state index in [1.165, 1.54) is 0 Å². The molecule has 1 amide bonds. The van der Waals surface area contributed by atoms with Gasteiger partial charge in [0.15, 0.2) is 0 Å². The highest BCUT2D eigenvalue weighted by Crippen LogP contribution is 2.20. The van der Waals surface area contributed by atoms with Gasteiger partial charge in [0.25, 0.3) is 11.6 Å². The molecule has 116 valence electrons. The molecule has 0 spiro atoms. The molecule has 0 aliphatic carbocycles. The maximum absolute atomic E-state index is 13.0. The van der Waals surface area contributed by atoms with E-state index in [1.54, 1.807) is 0 Å². The van der Waals surface area contributed by atoms with Gasteiger partial charge in [-0.15, -0.1) is 11.6 Å². The molecule has 1 rings (SSSR count). The minimum atomic E-state index is -0.764. The van der Waals surface area contributed by atoms with Crippen LogP contribution in [0.2, 0.25) is 0 Å². The van der Waals surface area contributed by atoms with Crippen molar-refractivity contribution in [1.29, 1.82) is 0 Å². The Morgan fingerprint density at radius 3 is 2.76 bits per heavy atom. The molecule has 1 N–H and O–H groups in total. The molecule has 0 fully saturated rings. The summed E-state index contributed by atoms with van der Waals surface area (Å²) in [6, 6.07) is 2.90. The molecule has 0 saturated heterocycles. The van der Waals surface area contributed by atoms with Gasteiger partial charge in [-0.2, -0.15) is 0 Å². The normalized spacial score (nSPS) is 12.0. The van der Waals surface area contributed by atoms with Gasteiger partial charge in [-0.3, -0.25) is 14.9 Å². The molecule has 0 heterocycles. The number of alkyl halides is 1. The molecule has 0 saturated carbocycles. The lowest BCUT2D eigenvalue weighted by molar-refractivity contribution is -0.385. The van der Waals surface area contributed by atoms with Crippen LogP contribution in [0.15, 0.2) is 18.2 Å². The lowest BCUT2D eigenvalue weighted by atomic mass is 10.0. The molecular weight excluding hydrogens is 299 g/mol. The standard InChI is InChI=1S/C14H18ClFN2O3/c1-2-3-10(6-7-15)9-17-14(19)12-5-4-11(16)8-13(12)18(20)21/h4-5,8,10H,2-3,6-7,9H2,1H3,(H,17,19). The van der Waals surface area contributed by atoms with Crippen molar-refractivity contribution in [2.24, 2.45) is 5.92 Å². The van der Waals surface area contributed by atoms with E-state index in [0.717, 1.165) is 37.5 Å². The summed E-state index contributed by atoms with van der Waals surface area (Å²) in [4.78, 5) is 22.1. The maximum Gasteiger partial charge on any atom is 0.285 e. The quantitative estimate of drug-likeness (QED) is 0.453. The van der Waals surface area contributed by atoms with Crippen LogP contribution in [0.25, 0.3) is 0 Å². The fourth-order valence-electron chi connectivity index (χ4n) is 2.09. The maximum atomic E-state index is 13.0. The van der Waals surface area contributed by atoms with Crippen LogP contribution < -0.4 is 5.32 Å². The smallest absolute Gasteiger partial charge is 0.285 e. The number of nitro benzene ring substituents is 1. The second kappa shape index (κ2) is 8.56. The number of benzene rings is 1. The number of halogens is 2. The fraction of sp³-hybridized carbons (Fsp3) is 0.500. The summed E-state index contributed by atoms with van der Waals surface area (Å²) in [7, 11) is 0. The van der Waals surface area contributed by atoms with E-state index >= 15 is 0 Å². The zero-order valence-corrected chi connectivity index (χ0v) is 12.5. The lowest BCUT2D eigenvalue weighted by Crippen LogP contribution is -2.30. The molecule has 1 unspecified atom stereocenters. The predicted octanol–water partition coefficient (Wildman–Crippen LogP) is 3.51. The minimum absolute atomic E-state index is 0.137. The Kier molecular flexibility index (Phi) is 7.08. The molecule has 1 aromatic carbocycles.